The number of hydrogen-bond acceptors (Lipinski definition) is 10. The molecule has 0 aliphatic heterocycles. The van der Waals surface area contributed by atoms with Crippen molar-refractivity contribution in [2.24, 2.45) is 17.8 Å². The summed E-state index contributed by atoms with van der Waals surface area (Å²) in [4.78, 5) is 57.9. The number of nitrogens with one attached hydrogen (secondary N) is 1. The highest BCUT2D eigenvalue weighted by molar-refractivity contribution is 7.09. The van der Waals surface area contributed by atoms with Crippen molar-refractivity contribution in [3.63, 3.8) is 0 Å². The average molecular weight is 627 g/mol. The predicted molar refractivity (Wildman–Crippen MR) is 164 cm³/mol. The molecule has 244 valence electrons. The molecule has 12 nitrogen and oxygen atoms in total. The van der Waals surface area contributed by atoms with Gasteiger partial charge in [-0.25, -0.2) is 9.78 Å². The summed E-state index contributed by atoms with van der Waals surface area (Å²) in [6.07, 6.45) is 4.00. The zero-order valence-corrected chi connectivity index (χ0v) is 27.5. The van der Waals surface area contributed by atoms with Gasteiger partial charge in [0.05, 0.1) is 24.7 Å². The number of ether oxygens (including phenoxy) is 1. The minimum absolute atomic E-state index is 0.0111. The van der Waals surface area contributed by atoms with Crippen molar-refractivity contribution < 1.29 is 39.2 Å². The van der Waals surface area contributed by atoms with Crippen LogP contribution in [-0.4, -0.2) is 98.8 Å². The molecule has 0 aromatic carbocycles. The van der Waals surface area contributed by atoms with Crippen LogP contribution in [0.3, 0.4) is 0 Å². The second-order valence-electron chi connectivity index (χ2n) is 11.3. The van der Waals surface area contributed by atoms with E-state index in [1.165, 1.54) is 18.5 Å². The third-order valence-electron chi connectivity index (χ3n) is 8.07. The van der Waals surface area contributed by atoms with Gasteiger partial charge in [-0.3, -0.25) is 19.3 Å². The predicted octanol–water partition coefficient (Wildman–Crippen LogP) is 3.07. The van der Waals surface area contributed by atoms with Crippen molar-refractivity contribution >= 4 is 35.1 Å². The molecular weight excluding hydrogens is 576 g/mol. The maximum Gasteiger partial charge on any atom is 0.355 e. The van der Waals surface area contributed by atoms with Crippen LogP contribution in [-0.2, 0) is 19.1 Å². The van der Waals surface area contributed by atoms with Crippen molar-refractivity contribution in [1.29, 1.82) is 0 Å². The largest absolute Gasteiger partial charge is 0.476 e. The Morgan fingerprint density at radius 3 is 2.14 bits per heavy atom. The molecule has 0 bridgehead atoms. The first-order valence-corrected chi connectivity index (χ1v) is 15.6. The first kappa shape index (κ1) is 38.2. The number of β-amino-alcohol motifs (C(OH)–C–C–N with tert-alkyl or cyclic N) is 2. The number of carbonyl (C=O) groups is 4. The van der Waals surface area contributed by atoms with Crippen molar-refractivity contribution in [3.05, 3.63) is 28.4 Å². The fraction of sp³-hybridized carbons (Fsp3) is 0.700. The molecule has 0 fully saturated rings. The monoisotopic (exact) mass is 626 g/mol. The second-order valence-corrected chi connectivity index (χ2v) is 12.2. The number of carboxylic acids is 1. The number of rotatable bonds is 19. The number of amides is 2. The Morgan fingerprint density at radius 1 is 1.09 bits per heavy atom. The summed E-state index contributed by atoms with van der Waals surface area (Å²) in [5.74, 6) is -2.85. The first-order valence-electron chi connectivity index (χ1n) is 14.7. The van der Waals surface area contributed by atoms with Crippen LogP contribution in [0.2, 0.25) is 0 Å². The molecule has 4 N–H and O–H groups in total. The van der Waals surface area contributed by atoms with E-state index in [1.807, 2.05) is 27.7 Å². The average Bonchev–Trinajstić information content (AvgIpc) is 3.46. The normalized spacial score (nSPS) is 15.5. The van der Waals surface area contributed by atoms with E-state index in [2.05, 4.69) is 10.3 Å². The van der Waals surface area contributed by atoms with Gasteiger partial charge >= 0.3 is 11.9 Å². The van der Waals surface area contributed by atoms with Crippen molar-refractivity contribution in [2.45, 2.75) is 85.4 Å². The minimum Gasteiger partial charge on any atom is -0.476 e. The summed E-state index contributed by atoms with van der Waals surface area (Å²) in [7, 11) is 1.71. The molecule has 0 aliphatic rings. The number of aromatic nitrogens is 1. The zero-order chi connectivity index (χ0) is 32.9. The summed E-state index contributed by atoms with van der Waals surface area (Å²) in [6.45, 7) is 12.7. The molecule has 0 saturated heterocycles. The highest BCUT2D eigenvalue weighted by Gasteiger charge is 2.36. The molecular formula is C30H50N4O8S. The molecule has 0 spiro atoms. The Bertz CT molecular complexity index is 1090. The zero-order valence-electron chi connectivity index (χ0n) is 26.7. The number of thiazole rings is 1. The summed E-state index contributed by atoms with van der Waals surface area (Å²) >= 11 is 1.09. The number of aromatic carboxylic acids is 1. The lowest BCUT2D eigenvalue weighted by Crippen LogP contribution is -2.55. The van der Waals surface area contributed by atoms with Crippen LogP contribution in [0.4, 0.5) is 0 Å². The Balaban J connectivity index is 3.27. The lowest BCUT2D eigenvalue weighted by atomic mass is 9.87. The van der Waals surface area contributed by atoms with Gasteiger partial charge in [-0.1, -0.05) is 46.6 Å². The molecule has 43 heavy (non-hydrogen) atoms. The fourth-order valence-corrected chi connectivity index (χ4v) is 5.66. The first-order chi connectivity index (χ1) is 20.2. The molecule has 0 aliphatic carbocycles. The standard InChI is InChI=1S/C30H50N4O8S/c1-9-19(3)22(11-12-31-29(41)30(6,7)34(13-15-35)14-16-36)27(38)33(8)24(20(4)10-2)17-25(42-21(5)37)26-32-23(18-43-26)28(39)40/h11-12,18-20,22,24-25,35-36H,9-10,13-17H2,1-8H3,(H,31,41)(H,39,40)/b12-11+/t19-,20?,22-,24+,25+/m0/s1. The van der Waals surface area contributed by atoms with E-state index < -0.39 is 29.5 Å². The lowest BCUT2D eigenvalue weighted by Gasteiger charge is -2.37. The highest BCUT2D eigenvalue weighted by Crippen LogP contribution is 2.32. The minimum atomic E-state index is -1.18. The van der Waals surface area contributed by atoms with Crippen molar-refractivity contribution in [2.75, 3.05) is 33.4 Å². The Kier molecular flexibility index (Phi) is 16.0. The number of aliphatic hydroxyl groups excluding tert-OH is 2. The van der Waals surface area contributed by atoms with Crippen LogP contribution in [0.15, 0.2) is 17.7 Å². The number of carboxylic acid groups (broad SMARTS) is 1. The Labute approximate surface area is 259 Å². The summed E-state index contributed by atoms with van der Waals surface area (Å²) < 4.78 is 5.57. The maximum atomic E-state index is 14.0. The molecule has 0 radical (unpaired) electrons. The van der Waals surface area contributed by atoms with E-state index in [9.17, 15) is 34.5 Å². The molecule has 0 saturated carbocycles. The van der Waals surface area contributed by atoms with Crippen molar-refractivity contribution in [3.8, 4) is 0 Å². The molecule has 1 aromatic rings. The highest BCUT2D eigenvalue weighted by atomic mass is 32.1. The Morgan fingerprint density at radius 2 is 1.67 bits per heavy atom. The van der Waals surface area contributed by atoms with Gasteiger partial charge in [-0.05, 0) is 25.7 Å². The van der Waals surface area contributed by atoms with Gasteiger partial charge in [0.25, 0.3) is 0 Å². The van der Waals surface area contributed by atoms with E-state index >= 15 is 0 Å². The van der Waals surface area contributed by atoms with Crippen LogP contribution < -0.4 is 5.32 Å². The van der Waals surface area contributed by atoms with Crippen LogP contribution in [0.5, 0.6) is 0 Å². The lowest BCUT2D eigenvalue weighted by molar-refractivity contribution is -0.149. The van der Waals surface area contributed by atoms with Gasteiger partial charge in [-0.2, -0.15) is 0 Å². The molecule has 13 heteroatoms. The van der Waals surface area contributed by atoms with E-state index in [-0.39, 0.29) is 68.1 Å². The molecule has 5 atom stereocenters. The topological polar surface area (TPSA) is 170 Å². The van der Waals surface area contributed by atoms with Crippen LogP contribution in [0.1, 0.15) is 89.3 Å². The molecule has 1 heterocycles. The fourth-order valence-electron chi connectivity index (χ4n) is 4.82. The second kappa shape index (κ2) is 18.1. The van der Waals surface area contributed by atoms with Gasteiger partial charge in [0, 0.05) is 51.1 Å². The van der Waals surface area contributed by atoms with E-state index in [0.29, 0.717) is 11.4 Å². The quantitative estimate of drug-likeness (QED) is 0.167. The number of nitrogens with zero attached hydrogens (tertiary/aromatic N) is 3. The number of hydrogen-bond donors (Lipinski definition) is 4. The van der Waals surface area contributed by atoms with E-state index in [1.54, 1.807) is 36.8 Å². The SMILES string of the molecule is CCC(C)[C@@H](C[C@@H](OC(C)=O)c1nc(C(=O)O)cs1)N(C)C(=O)[C@@H](/C=C/NC(=O)C(C)(C)N(CCO)CCO)[C@@H](C)CC. The summed E-state index contributed by atoms with van der Waals surface area (Å²) in [5.41, 5.74) is -1.16. The smallest absolute Gasteiger partial charge is 0.355 e. The third-order valence-corrected chi connectivity index (χ3v) is 9.01. The Hall–Kier alpha value is -2.87. The number of esters is 1. The molecule has 1 rings (SSSR count). The molecule has 1 aromatic heterocycles. The summed E-state index contributed by atoms with van der Waals surface area (Å²) in [6, 6.07) is -0.363. The number of carbonyl (C=O) groups excluding carboxylic acids is 3. The van der Waals surface area contributed by atoms with Crippen molar-refractivity contribution in [1.82, 2.24) is 20.1 Å². The maximum absolute atomic E-state index is 14.0. The molecule has 1 unspecified atom stereocenters. The van der Waals surface area contributed by atoms with Gasteiger partial charge in [0.15, 0.2) is 11.8 Å². The van der Waals surface area contributed by atoms with Gasteiger partial charge in [0.1, 0.15) is 5.01 Å². The van der Waals surface area contributed by atoms with Crippen LogP contribution in [0.25, 0.3) is 0 Å². The van der Waals surface area contributed by atoms with E-state index in [0.717, 1.165) is 17.8 Å². The van der Waals surface area contributed by atoms with Crippen LogP contribution in [0, 0.1) is 17.8 Å². The van der Waals surface area contributed by atoms with Crippen LogP contribution >= 0.6 is 11.3 Å². The number of aliphatic hydroxyl groups is 2. The van der Waals surface area contributed by atoms with Gasteiger partial charge < -0.3 is 30.3 Å². The van der Waals surface area contributed by atoms with E-state index in [4.69, 9.17) is 4.74 Å². The third kappa shape index (κ3) is 11.0. The summed E-state index contributed by atoms with van der Waals surface area (Å²) in [5, 5.41) is 32.6. The van der Waals surface area contributed by atoms with Gasteiger partial charge in [-0.15, -0.1) is 11.3 Å². The molecule has 2 amide bonds. The van der Waals surface area contributed by atoms with Gasteiger partial charge in [0.2, 0.25) is 11.8 Å².